The SMILES string of the molecule is CNCCn1nnc(-c2ccc(C(C)(C)C)cc2)n1. The molecule has 5 heteroatoms. The predicted octanol–water partition coefficient (Wildman–Crippen LogP) is 1.86. The molecule has 1 N–H and O–H groups in total. The Morgan fingerprint density at radius 1 is 1.16 bits per heavy atom. The molecule has 0 amide bonds. The number of nitrogens with one attached hydrogen (secondary N) is 1. The molecule has 0 atom stereocenters. The lowest BCUT2D eigenvalue weighted by atomic mass is 9.87. The molecule has 0 unspecified atom stereocenters. The minimum atomic E-state index is 0.163. The van der Waals surface area contributed by atoms with E-state index in [1.54, 1.807) is 4.80 Å². The van der Waals surface area contributed by atoms with Crippen molar-refractivity contribution in [2.24, 2.45) is 0 Å². The first-order valence-corrected chi connectivity index (χ1v) is 6.54. The molecule has 1 aromatic carbocycles. The molecule has 19 heavy (non-hydrogen) atoms. The average Bonchev–Trinajstić information content (AvgIpc) is 2.84. The topological polar surface area (TPSA) is 55.6 Å². The lowest BCUT2D eigenvalue weighted by Gasteiger charge is -2.18. The summed E-state index contributed by atoms with van der Waals surface area (Å²) < 4.78 is 0. The molecule has 0 saturated heterocycles. The summed E-state index contributed by atoms with van der Waals surface area (Å²) in [5, 5.41) is 15.5. The molecule has 0 aliphatic heterocycles. The van der Waals surface area contributed by atoms with Gasteiger partial charge >= 0.3 is 0 Å². The summed E-state index contributed by atoms with van der Waals surface area (Å²) >= 11 is 0. The maximum absolute atomic E-state index is 4.36. The van der Waals surface area contributed by atoms with Gasteiger partial charge in [0.2, 0.25) is 5.82 Å². The standard InChI is InChI=1S/C14H21N5/c1-14(2,3)12-7-5-11(6-8-12)13-16-18-19(17-13)10-9-15-4/h5-8,15H,9-10H2,1-4H3. The first kappa shape index (κ1) is 13.7. The Bertz CT molecular complexity index is 522. The van der Waals surface area contributed by atoms with Crippen molar-refractivity contribution >= 4 is 0 Å². The van der Waals surface area contributed by atoms with Crippen molar-refractivity contribution in [2.75, 3.05) is 13.6 Å². The summed E-state index contributed by atoms with van der Waals surface area (Å²) in [4.78, 5) is 1.61. The van der Waals surface area contributed by atoms with Crippen LogP contribution in [0.3, 0.4) is 0 Å². The summed E-state index contributed by atoms with van der Waals surface area (Å²) in [7, 11) is 1.91. The molecular weight excluding hydrogens is 238 g/mol. The lowest BCUT2D eigenvalue weighted by molar-refractivity contribution is 0.507. The van der Waals surface area contributed by atoms with E-state index in [0.717, 1.165) is 18.7 Å². The third kappa shape index (κ3) is 3.38. The molecule has 1 aromatic heterocycles. The first-order chi connectivity index (χ1) is 9.00. The van der Waals surface area contributed by atoms with Gasteiger partial charge < -0.3 is 5.32 Å². The Morgan fingerprint density at radius 3 is 2.42 bits per heavy atom. The van der Waals surface area contributed by atoms with E-state index in [1.165, 1.54) is 5.56 Å². The van der Waals surface area contributed by atoms with E-state index in [2.05, 4.69) is 65.8 Å². The molecule has 0 aliphatic rings. The number of aromatic nitrogens is 4. The zero-order valence-corrected chi connectivity index (χ0v) is 12.0. The fraction of sp³-hybridized carbons (Fsp3) is 0.500. The van der Waals surface area contributed by atoms with Crippen molar-refractivity contribution < 1.29 is 0 Å². The number of hydrogen-bond acceptors (Lipinski definition) is 4. The summed E-state index contributed by atoms with van der Waals surface area (Å²) in [6, 6.07) is 8.37. The average molecular weight is 259 g/mol. The lowest BCUT2D eigenvalue weighted by Crippen LogP contribution is -2.16. The minimum Gasteiger partial charge on any atom is -0.318 e. The third-order valence-electron chi connectivity index (χ3n) is 3.02. The van der Waals surface area contributed by atoms with Crippen LogP contribution in [-0.4, -0.2) is 33.8 Å². The van der Waals surface area contributed by atoms with Crippen molar-refractivity contribution in [3.63, 3.8) is 0 Å². The molecule has 2 aromatic rings. The second kappa shape index (κ2) is 5.48. The van der Waals surface area contributed by atoms with E-state index in [1.807, 2.05) is 7.05 Å². The zero-order chi connectivity index (χ0) is 13.9. The van der Waals surface area contributed by atoms with Gasteiger partial charge in [0.1, 0.15) is 0 Å². The second-order valence-corrected chi connectivity index (χ2v) is 5.64. The van der Waals surface area contributed by atoms with Gasteiger partial charge in [-0.15, -0.1) is 10.2 Å². The number of nitrogens with zero attached hydrogens (tertiary/aromatic N) is 4. The van der Waals surface area contributed by atoms with Crippen LogP contribution >= 0.6 is 0 Å². The summed E-state index contributed by atoms with van der Waals surface area (Å²) in [6.07, 6.45) is 0. The first-order valence-electron chi connectivity index (χ1n) is 6.54. The van der Waals surface area contributed by atoms with E-state index < -0.39 is 0 Å². The third-order valence-corrected chi connectivity index (χ3v) is 3.02. The molecule has 0 saturated carbocycles. The van der Waals surface area contributed by atoms with Gasteiger partial charge in [-0.05, 0) is 23.2 Å². The summed E-state index contributed by atoms with van der Waals surface area (Å²) in [5.41, 5.74) is 2.47. The van der Waals surface area contributed by atoms with Crippen molar-refractivity contribution in [3.05, 3.63) is 29.8 Å². The molecule has 0 aliphatic carbocycles. The van der Waals surface area contributed by atoms with E-state index in [4.69, 9.17) is 0 Å². The number of hydrogen-bond donors (Lipinski definition) is 1. The van der Waals surface area contributed by atoms with Crippen LogP contribution in [0, 0.1) is 0 Å². The van der Waals surface area contributed by atoms with Gasteiger partial charge in [-0.3, -0.25) is 0 Å². The molecule has 2 rings (SSSR count). The molecule has 0 spiro atoms. The van der Waals surface area contributed by atoms with Crippen molar-refractivity contribution in [2.45, 2.75) is 32.7 Å². The van der Waals surface area contributed by atoms with E-state index in [9.17, 15) is 0 Å². The Kier molecular flexibility index (Phi) is 3.95. The van der Waals surface area contributed by atoms with Gasteiger partial charge in [-0.2, -0.15) is 4.80 Å². The van der Waals surface area contributed by atoms with E-state index in [-0.39, 0.29) is 5.41 Å². The highest BCUT2D eigenvalue weighted by molar-refractivity contribution is 5.54. The number of rotatable bonds is 4. The van der Waals surface area contributed by atoms with Crippen LogP contribution < -0.4 is 5.32 Å². The highest BCUT2D eigenvalue weighted by Gasteiger charge is 2.14. The monoisotopic (exact) mass is 259 g/mol. The number of tetrazole rings is 1. The summed E-state index contributed by atoms with van der Waals surface area (Å²) in [6.45, 7) is 8.17. The Labute approximate surface area is 114 Å². The maximum Gasteiger partial charge on any atom is 0.204 e. The molecule has 102 valence electrons. The van der Waals surface area contributed by atoms with Crippen LogP contribution in [0.15, 0.2) is 24.3 Å². The van der Waals surface area contributed by atoms with Crippen LogP contribution in [0.5, 0.6) is 0 Å². The molecule has 1 heterocycles. The van der Waals surface area contributed by atoms with Gasteiger partial charge in [0.05, 0.1) is 6.54 Å². The smallest absolute Gasteiger partial charge is 0.204 e. The molecule has 0 radical (unpaired) electrons. The summed E-state index contributed by atoms with van der Waals surface area (Å²) in [5.74, 6) is 0.677. The highest BCUT2D eigenvalue weighted by atomic mass is 15.6. The van der Waals surface area contributed by atoms with Crippen molar-refractivity contribution in [3.8, 4) is 11.4 Å². The molecule has 5 nitrogen and oxygen atoms in total. The Hall–Kier alpha value is -1.75. The largest absolute Gasteiger partial charge is 0.318 e. The Morgan fingerprint density at radius 2 is 1.84 bits per heavy atom. The van der Waals surface area contributed by atoms with Gasteiger partial charge in [0.15, 0.2) is 0 Å². The quantitative estimate of drug-likeness (QED) is 0.910. The predicted molar refractivity (Wildman–Crippen MR) is 75.9 cm³/mol. The van der Waals surface area contributed by atoms with Crippen molar-refractivity contribution in [1.29, 1.82) is 0 Å². The minimum absolute atomic E-state index is 0.163. The maximum atomic E-state index is 4.36. The van der Waals surface area contributed by atoms with Crippen molar-refractivity contribution in [1.82, 2.24) is 25.5 Å². The molecule has 0 fully saturated rings. The van der Waals surface area contributed by atoms with Crippen LogP contribution in [0.25, 0.3) is 11.4 Å². The molecule has 0 bridgehead atoms. The zero-order valence-electron chi connectivity index (χ0n) is 12.0. The fourth-order valence-corrected chi connectivity index (χ4v) is 1.78. The van der Waals surface area contributed by atoms with Crippen LogP contribution in [0.2, 0.25) is 0 Å². The van der Waals surface area contributed by atoms with Crippen LogP contribution in [-0.2, 0) is 12.0 Å². The number of likely N-dealkylation sites (N-methyl/N-ethyl adjacent to an activating group) is 1. The van der Waals surface area contributed by atoms with E-state index >= 15 is 0 Å². The second-order valence-electron chi connectivity index (χ2n) is 5.64. The van der Waals surface area contributed by atoms with Gasteiger partial charge in [-0.25, -0.2) is 0 Å². The molecular formula is C14H21N5. The van der Waals surface area contributed by atoms with Crippen LogP contribution in [0.1, 0.15) is 26.3 Å². The van der Waals surface area contributed by atoms with Gasteiger partial charge in [0.25, 0.3) is 0 Å². The van der Waals surface area contributed by atoms with E-state index in [0.29, 0.717) is 5.82 Å². The van der Waals surface area contributed by atoms with Gasteiger partial charge in [0, 0.05) is 12.1 Å². The fourth-order valence-electron chi connectivity index (χ4n) is 1.78. The number of benzene rings is 1. The highest BCUT2D eigenvalue weighted by Crippen LogP contribution is 2.24. The van der Waals surface area contributed by atoms with Gasteiger partial charge in [-0.1, -0.05) is 45.0 Å². The normalized spacial score (nSPS) is 11.8. The Balaban J connectivity index is 2.16. The van der Waals surface area contributed by atoms with Crippen LogP contribution in [0.4, 0.5) is 0 Å².